The topological polar surface area (TPSA) is 62.5 Å². The first-order valence-electron chi connectivity index (χ1n) is 6.01. The van der Waals surface area contributed by atoms with Crippen molar-refractivity contribution >= 4 is 11.0 Å². The van der Waals surface area contributed by atoms with Crippen molar-refractivity contribution in [2.24, 2.45) is 0 Å². The molecule has 0 unspecified atom stereocenters. The van der Waals surface area contributed by atoms with Gasteiger partial charge in [-0.15, -0.1) is 0 Å². The van der Waals surface area contributed by atoms with Crippen molar-refractivity contribution in [1.29, 1.82) is 0 Å². The Bertz CT molecular complexity index is 644. The Balaban J connectivity index is 2.88. The van der Waals surface area contributed by atoms with E-state index in [1.807, 2.05) is 6.92 Å². The van der Waals surface area contributed by atoms with Crippen LogP contribution in [0.2, 0.25) is 0 Å². The molecule has 1 heterocycles. The third-order valence-corrected chi connectivity index (χ3v) is 3.14. The first kappa shape index (κ1) is 12.6. The van der Waals surface area contributed by atoms with E-state index in [1.54, 1.807) is 20.0 Å². The third kappa shape index (κ3) is 1.88. The molecule has 1 aromatic carbocycles. The smallest absolute Gasteiger partial charge is 0.195 e. The number of phenolic OH excluding ortho intramolecular Hbond substituents is 1. The van der Waals surface area contributed by atoms with E-state index in [0.717, 1.165) is 0 Å². The number of aryl methyl sites for hydroxylation is 1. The lowest BCUT2D eigenvalue weighted by Gasteiger charge is -2.10. The average Bonchev–Trinajstić information content (AvgIpc) is 2.37. The van der Waals surface area contributed by atoms with Gasteiger partial charge in [-0.1, -0.05) is 6.92 Å². The molecule has 2 aromatic rings. The highest BCUT2D eigenvalue weighted by Crippen LogP contribution is 2.27. The largest absolute Gasteiger partial charge is 0.507 e. The molecule has 18 heavy (non-hydrogen) atoms. The molecule has 2 rings (SSSR count). The van der Waals surface area contributed by atoms with Crippen LogP contribution in [0.3, 0.4) is 0 Å². The molecule has 4 nitrogen and oxygen atoms in total. The Hall–Kier alpha value is -1.81. The molecule has 0 aliphatic carbocycles. The average molecular weight is 247 g/mol. The van der Waals surface area contributed by atoms with Crippen LogP contribution in [0.4, 0.5) is 0 Å². The first-order chi connectivity index (χ1) is 8.60. The van der Waals surface area contributed by atoms with Crippen molar-refractivity contribution in [2.75, 3.05) is 7.05 Å². The SMILES string of the molecule is CCc1oc2c(CNC)c(O)ccc2c(=O)c1C. The summed E-state index contributed by atoms with van der Waals surface area (Å²) in [6.45, 7) is 4.17. The van der Waals surface area contributed by atoms with Crippen LogP contribution in [0.5, 0.6) is 5.75 Å². The number of nitrogens with one attached hydrogen (secondary N) is 1. The van der Waals surface area contributed by atoms with Crippen LogP contribution >= 0.6 is 0 Å². The molecule has 96 valence electrons. The summed E-state index contributed by atoms with van der Waals surface area (Å²) in [6.07, 6.45) is 0.658. The molecule has 0 atom stereocenters. The van der Waals surface area contributed by atoms with Crippen LogP contribution in [0.25, 0.3) is 11.0 Å². The Morgan fingerprint density at radius 3 is 2.72 bits per heavy atom. The number of rotatable bonds is 3. The number of benzene rings is 1. The van der Waals surface area contributed by atoms with Gasteiger partial charge in [-0.3, -0.25) is 4.79 Å². The molecule has 0 saturated heterocycles. The minimum absolute atomic E-state index is 0.0227. The summed E-state index contributed by atoms with van der Waals surface area (Å²) in [4.78, 5) is 12.2. The van der Waals surface area contributed by atoms with Crippen molar-refractivity contribution in [3.63, 3.8) is 0 Å². The maximum atomic E-state index is 12.2. The van der Waals surface area contributed by atoms with Crippen LogP contribution < -0.4 is 10.7 Å². The second-order valence-corrected chi connectivity index (χ2v) is 4.30. The van der Waals surface area contributed by atoms with Gasteiger partial charge in [0.15, 0.2) is 5.43 Å². The van der Waals surface area contributed by atoms with Crippen molar-refractivity contribution in [2.45, 2.75) is 26.8 Å². The number of hydrogen-bond donors (Lipinski definition) is 2. The Morgan fingerprint density at radius 2 is 2.11 bits per heavy atom. The van der Waals surface area contributed by atoms with Gasteiger partial charge < -0.3 is 14.8 Å². The van der Waals surface area contributed by atoms with Gasteiger partial charge in [-0.05, 0) is 26.1 Å². The maximum Gasteiger partial charge on any atom is 0.195 e. The van der Waals surface area contributed by atoms with Crippen molar-refractivity contribution in [3.05, 3.63) is 39.2 Å². The monoisotopic (exact) mass is 247 g/mol. The number of aromatic hydroxyl groups is 1. The van der Waals surface area contributed by atoms with E-state index >= 15 is 0 Å². The lowest BCUT2D eigenvalue weighted by atomic mass is 10.1. The Morgan fingerprint density at radius 1 is 1.39 bits per heavy atom. The molecule has 1 aromatic heterocycles. The van der Waals surface area contributed by atoms with Gasteiger partial charge in [-0.2, -0.15) is 0 Å². The molecular formula is C14H17NO3. The zero-order valence-corrected chi connectivity index (χ0v) is 10.8. The predicted molar refractivity (Wildman–Crippen MR) is 71.0 cm³/mol. The highest BCUT2D eigenvalue weighted by molar-refractivity contribution is 5.82. The molecule has 0 radical (unpaired) electrons. The number of fused-ring (bicyclic) bond motifs is 1. The molecule has 0 saturated carbocycles. The Labute approximate surface area is 105 Å². The van der Waals surface area contributed by atoms with Crippen LogP contribution in [0, 0.1) is 6.92 Å². The van der Waals surface area contributed by atoms with E-state index in [9.17, 15) is 9.90 Å². The number of hydrogen-bond acceptors (Lipinski definition) is 4. The summed E-state index contributed by atoms with van der Waals surface area (Å²) < 4.78 is 5.79. The zero-order chi connectivity index (χ0) is 13.3. The van der Waals surface area contributed by atoms with E-state index < -0.39 is 0 Å². The van der Waals surface area contributed by atoms with Crippen molar-refractivity contribution in [1.82, 2.24) is 5.32 Å². The van der Waals surface area contributed by atoms with Gasteiger partial charge in [0, 0.05) is 18.5 Å². The molecule has 0 aliphatic rings. The van der Waals surface area contributed by atoms with Crippen LogP contribution in [0.1, 0.15) is 23.8 Å². The summed E-state index contributed by atoms with van der Waals surface area (Å²) in [5.41, 5.74) is 1.73. The standard InChI is InChI=1S/C14H17NO3/c1-4-12-8(2)13(17)9-5-6-11(16)10(7-15-3)14(9)18-12/h5-6,15-16H,4,7H2,1-3H3. The highest BCUT2D eigenvalue weighted by Gasteiger charge is 2.14. The highest BCUT2D eigenvalue weighted by atomic mass is 16.3. The number of phenols is 1. The van der Waals surface area contributed by atoms with Crippen molar-refractivity contribution < 1.29 is 9.52 Å². The van der Waals surface area contributed by atoms with Gasteiger partial charge in [0.25, 0.3) is 0 Å². The quantitative estimate of drug-likeness (QED) is 0.871. The summed E-state index contributed by atoms with van der Waals surface area (Å²) in [6, 6.07) is 3.15. The minimum atomic E-state index is -0.0227. The Kier molecular flexibility index (Phi) is 3.39. The fraction of sp³-hybridized carbons (Fsp3) is 0.357. The molecule has 4 heteroatoms. The summed E-state index contributed by atoms with van der Waals surface area (Å²) in [5, 5.41) is 13.3. The molecule has 0 aliphatic heterocycles. The molecule has 0 bridgehead atoms. The second-order valence-electron chi connectivity index (χ2n) is 4.30. The maximum absolute atomic E-state index is 12.2. The molecule has 0 spiro atoms. The van der Waals surface area contributed by atoms with Gasteiger partial charge in [-0.25, -0.2) is 0 Å². The van der Waals surface area contributed by atoms with Crippen molar-refractivity contribution in [3.8, 4) is 5.75 Å². The van der Waals surface area contributed by atoms with Gasteiger partial charge in [0.2, 0.25) is 0 Å². The molecule has 0 fully saturated rings. The molecule has 2 N–H and O–H groups in total. The lowest BCUT2D eigenvalue weighted by molar-refractivity contribution is 0.461. The zero-order valence-electron chi connectivity index (χ0n) is 10.8. The third-order valence-electron chi connectivity index (χ3n) is 3.14. The van der Waals surface area contributed by atoms with Crippen LogP contribution in [-0.4, -0.2) is 12.2 Å². The predicted octanol–water partition coefficient (Wildman–Crippen LogP) is 2.09. The van der Waals surface area contributed by atoms with Crippen LogP contribution in [0.15, 0.2) is 21.3 Å². The summed E-state index contributed by atoms with van der Waals surface area (Å²) in [7, 11) is 1.78. The normalized spacial score (nSPS) is 11.1. The first-order valence-corrected chi connectivity index (χ1v) is 6.01. The van der Waals surface area contributed by atoms with E-state index in [2.05, 4.69) is 5.32 Å². The van der Waals surface area contributed by atoms with E-state index in [0.29, 0.717) is 40.8 Å². The van der Waals surface area contributed by atoms with Gasteiger partial charge >= 0.3 is 0 Å². The van der Waals surface area contributed by atoms with Gasteiger partial charge in [0.1, 0.15) is 17.1 Å². The summed E-state index contributed by atoms with van der Waals surface area (Å²) in [5.74, 6) is 0.821. The minimum Gasteiger partial charge on any atom is -0.507 e. The van der Waals surface area contributed by atoms with E-state index in [-0.39, 0.29) is 11.2 Å². The van der Waals surface area contributed by atoms with Gasteiger partial charge in [0.05, 0.1) is 10.9 Å². The molecular weight excluding hydrogens is 230 g/mol. The fourth-order valence-corrected chi connectivity index (χ4v) is 2.13. The van der Waals surface area contributed by atoms with Crippen LogP contribution in [-0.2, 0) is 13.0 Å². The van der Waals surface area contributed by atoms with E-state index in [4.69, 9.17) is 4.42 Å². The molecule has 0 amide bonds. The fourth-order valence-electron chi connectivity index (χ4n) is 2.13. The summed E-state index contributed by atoms with van der Waals surface area (Å²) >= 11 is 0. The second kappa shape index (κ2) is 4.82. The lowest BCUT2D eigenvalue weighted by Crippen LogP contribution is -2.12. The van der Waals surface area contributed by atoms with E-state index in [1.165, 1.54) is 6.07 Å².